The van der Waals surface area contributed by atoms with Gasteiger partial charge < -0.3 is 5.73 Å². The summed E-state index contributed by atoms with van der Waals surface area (Å²) in [7, 11) is 1.72. The van der Waals surface area contributed by atoms with E-state index >= 15 is 0 Å². The molecule has 15 heavy (non-hydrogen) atoms. The third-order valence-corrected chi connectivity index (χ3v) is 3.11. The van der Waals surface area contributed by atoms with Crippen LogP contribution in [0, 0.1) is 0 Å². The maximum atomic E-state index is 11.9. The molecule has 0 spiro atoms. The molecule has 1 fully saturated rings. The van der Waals surface area contributed by atoms with Gasteiger partial charge in [0.05, 0.1) is 6.20 Å². The van der Waals surface area contributed by atoms with Crippen molar-refractivity contribution in [1.82, 2.24) is 15.0 Å². The number of nitrogens with two attached hydrogens (primary N) is 1. The fourth-order valence-corrected chi connectivity index (χ4v) is 2.21. The molecule has 1 aliphatic carbocycles. The van der Waals surface area contributed by atoms with E-state index in [1.54, 1.807) is 7.05 Å². The summed E-state index contributed by atoms with van der Waals surface area (Å²) in [6, 6.07) is 0. The van der Waals surface area contributed by atoms with Crippen LogP contribution in [-0.2, 0) is 7.05 Å². The Hall–Kier alpha value is -1.23. The van der Waals surface area contributed by atoms with E-state index in [1.165, 1.54) is 10.9 Å². The molecule has 82 valence electrons. The molecule has 0 amide bonds. The average molecular weight is 208 g/mol. The molecule has 5 nitrogen and oxygen atoms in total. The molecule has 2 rings (SSSR count). The maximum absolute atomic E-state index is 11.9. The predicted octanol–water partition coefficient (Wildman–Crippen LogP) is 0.659. The second-order valence-electron chi connectivity index (χ2n) is 4.41. The van der Waals surface area contributed by atoms with Crippen molar-refractivity contribution < 1.29 is 4.79 Å². The van der Waals surface area contributed by atoms with Gasteiger partial charge in [-0.3, -0.25) is 4.79 Å². The summed E-state index contributed by atoms with van der Waals surface area (Å²) in [5.74, 6) is 0.0481. The summed E-state index contributed by atoms with van der Waals surface area (Å²) in [6.07, 6.45) is 6.07. The molecule has 1 aliphatic rings. The number of Topliss-reactive ketones (excluding diaryl/α,β-unsaturated/α-hetero) is 1. The first-order valence-corrected chi connectivity index (χ1v) is 5.27. The van der Waals surface area contributed by atoms with E-state index < -0.39 is 0 Å². The van der Waals surface area contributed by atoms with E-state index in [4.69, 9.17) is 5.73 Å². The van der Waals surface area contributed by atoms with Crippen molar-refractivity contribution >= 4 is 5.78 Å². The molecule has 1 heterocycles. The van der Waals surface area contributed by atoms with Crippen molar-refractivity contribution in [2.24, 2.45) is 12.8 Å². The van der Waals surface area contributed by atoms with Crippen molar-refractivity contribution in [3.8, 4) is 0 Å². The van der Waals surface area contributed by atoms with Crippen LogP contribution < -0.4 is 5.73 Å². The third kappa shape index (κ3) is 2.07. The van der Waals surface area contributed by atoms with Gasteiger partial charge in [0.25, 0.3) is 0 Å². The fraction of sp³-hybridized carbons (Fsp3) is 0.700. The number of nitrogens with zero attached hydrogens (tertiary/aromatic N) is 3. The highest BCUT2D eigenvalue weighted by Gasteiger charge is 2.32. The minimum atomic E-state index is -0.290. The molecular formula is C10H16N4O. The monoisotopic (exact) mass is 208 g/mol. The predicted molar refractivity (Wildman–Crippen MR) is 55.3 cm³/mol. The van der Waals surface area contributed by atoms with Crippen molar-refractivity contribution in [1.29, 1.82) is 0 Å². The fourth-order valence-electron chi connectivity index (χ4n) is 2.21. The second kappa shape index (κ2) is 3.73. The molecule has 1 aromatic rings. The third-order valence-electron chi connectivity index (χ3n) is 3.11. The zero-order valence-electron chi connectivity index (χ0n) is 8.94. The van der Waals surface area contributed by atoms with Gasteiger partial charge in [-0.25, -0.2) is 4.68 Å². The summed E-state index contributed by atoms with van der Waals surface area (Å²) >= 11 is 0. The maximum Gasteiger partial charge on any atom is 0.184 e. The highest BCUT2D eigenvalue weighted by molar-refractivity contribution is 5.94. The van der Waals surface area contributed by atoms with E-state index in [-0.39, 0.29) is 11.3 Å². The lowest BCUT2D eigenvalue weighted by Gasteiger charge is -2.21. The Balaban J connectivity index is 2.07. The highest BCUT2D eigenvalue weighted by atomic mass is 16.1. The molecule has 1 aromatic heterocycles. The van der Waals surface area contributed by atoms with Crippen LogP contribution in [0.15, 0.2) is 6.20 Å². The lowest BCUT2D eigenvalue weighted by atomic mass is 9.91. The number of hydrogen-bond acceptors (Lipinski definition) is 4. The standard InChI is InChI=1S/C10H16N4O/c1-14-8(7-12-13-14)9(15)6-10(11)4-2-3-5-10/h7H,2-6,11H2,1H3. The van der Waals surface area contributed by atoms with Crippen molar-refractivity contribution in [2.45, 2.75) is 37.6 Å². The van der Waals surface area contributed by atoms with Gasteiger partial charge in [0, 0.05) is 19.0 Å². The van der Waals surface area contributed by atoms with Gasteiger partial charge in [0.15, 0.2) is 5.78 Å². The minimum Gasteiger partial charge on any atom is -0.325 e. The largest absolute Gasteiger partial charge is 0.325 e. The van der Waals surface area contributed by atoms with Crippen LogP contribution in [0.4, 0.5) is 0 Å². The van der Waals surface area contributed by atoms with E-state index in [1.807, 2.05) is 0 Å². The van der Waals surface area contributed by atoms with Crippen LogP contribution in [0.2, 0.25) is 0 Å². The van der Waals surface area contributed by atoms with E-state index in [0.717, 1.165) is 25.7 Å². The zero-order chi connectivity index (χ0) is 10.9. The molecule has 0 bridgehead atoms. The van der Waals surface area contributed by atoms with Gasteiger partial charge >= 0.3 is 0 Å². The van der Waals surface area contributed by atoms with Crippen LogP contribution in [0.1, 0.15) is 42.6 Å². The molecule has 0 unspecified atom stereocenters. The van der Waals surface area contributed by atoms with Gasteiger partial charge in [0.2, 0.25) is 0 Å². The smallest absolute Gasteiger partial charge is 0.184 e. The Morgan fingerprint density at radius 3 is 2.80 bits per heavy atom. The molecule has 2 N–H and O–H groups in total. The van der Waals surface area contributed by atoms with E-state index in [9.17, 15) is 4.79 Å². The number of hydrogen-bond donors (Lipinski definition) is 1. The molecule has 0 radical (unpaired) electrons. The van der Waals surface area contributed by atoms with Crippen molar-refractivity contribution in [2.75, 3.05) is 0 Å². The first-order chi connectivity index (χ1) is 7.11. The van der Waals surface area contributed by atoms with Gasteiger partial charge in [-0.05, 0) is 12.8 Å². The Kier molecular flexibility index (Phi) is 2.56. The molecule has 0 aliphatic heterocycles. The quantitative estimate of drug-likeness (QED) is 0.740. The SMILES string of the molecule is Cn1nncc1C(=O)CC1(N)CCCC1. The number of carbonyl (C=O) groups excluding carboxylic acids is 1. The van der Waals surface area contributed by atoms with Crippen molar-refractivity contribution in [3.63, 3.8) is 0 Å². The summed E-state index contributed by atoms with van der Waals surface area (Å²) in [6.45, 7) is 0. The average Bonchev–Trinajstić information content (AvgIpc) is 2.74. The first kappa shape index (κ1) is 10.3. The number of rotatable bonds is 3. The Labute approximate surface area is 88.6 Å². The summed E-state index contributed by atoms with van der Waals surface area (Å²) in [5, 5.41) is 7.43. The van der Waals surface area contributed by atoms with E-state index in [0.29, 0.717) is 12.1 Å². The molecule has 0 saturated heterocycles. The zero-order valence-corrected chi connectivity index (χ0v) is 8.94. The summed E-state index contributed by atoms with van der Waals surface area (Å²) < 4.78 is 1.50. The van der Waals surface area contributed by atoms with Gasteiger partial charge in [-0.1, -0.05) is 18.1 Å². The Morgan fingerprint density at radius 2 is 2.27 bits per heavy atom. The number of aryl methyl sites for hydroxylation is 1. The van der Waals surface area contributed by atoms with Crippen LogP contribution >= 0.6 is 0 Å². The molecule has 1 saturated carbocycles. The van der Waals surface area contributed by atoms with Gasteiger partial charge in [-0.2, -0.15) is 0 Å². The molecule has 5 heteroatoms. The Bertz CT molecular complexity index is 365. The second-order valence-corrected chi connectivity index (χ2v) is 4.41. The van der Waals surface area contributed by atoms with Crippen LogP contribution in [0.25, 0.3) is 0 Å². The highest BCUT2D eigenvalue weighted by Crippen LogP contribution is 2.30. The molecule has 0 aromatic carbocycles. The van der Waals surface area contributed by atoms with Gasteiger partial charge in [-0.15, -0.1) is 5.10 Å². The topological polar surface area (TPSA) is 73.8 Å². The van der Waals surface area contributed by atoms with Crippen LogP contribution in [0.5, 0.6) is 0 Å². The number of carbonyl (C=O) groups is 1. The molecule has 0 atom stereocenters. The summed E-state index contributed by atoms with van der Waals surface area (Å²) in [5.41, 5.74) is 6.40. The van der Waals surface area contributed by atoms with E-state index in [2.05, 4.69) is 10.3 Å². The van der Waals surface area contributed by atoms with Crippen LogP contribution in [0.3, 0.4) is 0 Å². The first-order valence-electron chi connectivity index (χ1n) is 5.27. The number of ketones is 1. The lowest BCUT2D eigenvalue weighted by molar-refractivity contribution is 0.0943. The van der Waals surface area contributed by atoms with Gasteiger partial charge in [0.1, 0.15) is 5.69 Å². The minimum absolute atomic E-state index is 0.0481. The van der Waals surface area contributed by atoms with Crippen LogP contribution in [-0.4, -0.2) is 26.3 Å². The lowest BCUT2D eigenvalue weighted by Crippen LogP contribution is -2.39. The Morgan fingerprint density at radius 1 is 1.60 bits per heavy atom. The summed E-state index contributed by atoms with van der Waals surface area (Å²) in [4.78, 5) is 11.9. The van der Waals surface area contributed by atoms with Crippen molar-refractivity contribution in [3.05, 3.63) is 11.9 Å². The number of aromatic nitrogens is 3. The molecular weight excluding hydrogens is 192 g/mol. The normalized spacial score (nSPS) is 19.3.